The van der Waals surface area contributed by atoms with E-state index in [1.165, 1.54) is 0 Å². The fourth-order valence-corrected chi connectivity index (χ4v) is 2.29. The molecule has 4 N–H and O–H groups in total. The van der Waals surface area contributed by atoms with Crippen molar-refractivity contribution in [2.75, 3.05) is 18.4 Å². The zero-order valence-corrected chi connectivity index (χ0v) is 15.2. The lowest BCUT2D eigenvalue weighted by molar-refractivity contribution is -0.118. The van der Waals surface area contributed by atoms with Gasteiger partial charge in [0.15, 0.2) is 0 Å². The number of imide groups is 1. The van der Waals surface area contributed by atoms with Crippen molar-refractivity contribution in [2.24, 2.45) is 0 Å². The number of carbonyl (C=O) groups is 3. The maximum Gasteiger partial charge on any atom is 0.321 e. The van der Waals surface area contributed by atoms with Crippen LogP contribution in [0.4, 0.5) is 10.5 Å². The van der Waals surface area contributed by atoms with E-state index in [0.29, 0.717) is 24.3 Å². The van der Waals surface area contributed by atoms with Gasteiger partial charge in [0, 0.05) is 24.3 Å². The number of urea groups is 1. The first-order valence-corrected chi connectivity index (χ1v) is 8.82. The second-order valence-corrected chi connectivity index (χ2v) is 5.91. The summed E-state index contributed by atoms with van der Waals surface area (Å²) in [4.78, 5) is 35.6. The Bertz CT molecular complexity index is 778. The minimum absolute atomic E-state index is 0.0845. The molecule has 0 radical (unpaired) electrons. The standard InChI is InChI=1S/C20H24N4O3/c1-2-11-21-19(26)16-9-6-10-17(12-16)22-14-18(25)24-20(27)23-13-15-7-4-3-5-8-15/h3-10,12,22H,2,11,13-14H2,1H3,(H,21,26)(H2,23,24,25,27). The van der Waals surface area contributed by atoms with Gasteiger partial charge in [-0.1, -0.05) is 43.3 Å². The molecule has 142 valence electrons. The summed E-state index contributed by atoms with van der Waals surface area (Å²) in [5.74, 6) is -0.633. The molecule has 0 spiro atoms. The first kappa shape index (κ1) is 20.0. The zero-order valence-electron chi connectivity index (χ0n) is 15.2. The van der Waals surface area contributed by atoms with Gasteiger partial charge in [0.1, 0.15) is 0 Å². The molecule has 7 heteroatoms. The number of hydrogen-bond acceptors (Lipinski definition) is 4. The number of nitrogens with one attached hydrogen (secondary N) is 4. The van der Waals surface area contributed by atoms with Gasteiger partial charge < -0.3 is 16.0 Å². The van der Waals surface area contributed by atoms with Gasteiger partial charge in [-0.15, -0.1) is 0 Å². The van der Waals surface area contributed by atoms with Gasteiger partial charge >= 0.3 is 6.03 Å². The fourth-order valence-electron chi connectivity index (χ4n) is 2.29. The lowest BCUT2D eigenvalue weighted by Crippen LogP contribution is -2.41. The van der Waals surface area contributed by atoms with Crippen molar-refractivity contribution in [2.45, 2.75) is 19.9 Å². The Morgan fingerprint density at radius 3 is 2.44 bits per heavy atom. The van der Waals surface area contributed by atoms with Crippen LogP contribution in [0.5, 0.6) is 0 Å². The van der Waals surface area contributed by atoms with E-state index in [0.717, 1.165) is 12.0 Å². The molecule has 2 aromatic rings. The number of carbonyl (C=O) groups excluding carboxylic acids is 3. The monoisotopic (exact) mass is 368 g/mol. The highest BCUT2D eigenvalue weighted by atomic mass is 16.2. The van der Waals surface area contributed by atoms with Crippen LogP contribution in [-0.4, -0.2) is 30.9 Å². The average molecular weight is 368 g/mol. The Morgan fingerprint density at radius 1 is 0.926 bits per heavy atom. The summed E-state index contributed by atoms with van der Waals surface area (Å²) in [7, 11) is 0. The topological polar surface area (TPSA) is 99.3 Å². The molecule has 0 heterocycles. The zero-order chi connectivity index (χ0) is 19.5. The third kappa shape index (κ3) is 7.19. The van der Waals surface area contributed by atoms with E-state index in [2.05, 4.69) is 21.3 Å². The molecular formula is C20H24N4O3. The molecule has 0 aliphatic carbocycles. The van der Waals surface area contributed by atoms with Gasteiger partial charge in [-0.05, 0) is 30.2 Å². The maximum atomic E-state index is 12.0. The predicted molar refractivity (Wildman–Crippen MR) is 104 cm³/mol. The van der Waals surface area contributed by atoms with Crippen LogP contribution in [0.2, 0.25) is 0 Å². The number of benzene rings is 2. The summed E-state index contributed by atoms with van der Waals surface area (Å²) in [5.41, 5.74) is 2.07. The Hall–Kier alpha value is -3.35. The molecule has 0 fully saturated rings. The lowest BCUT2D eigenvalue weighted by Gasteiger charge is -2.10. The maximum absolute atomic E-state index is 12.0. The number of anilines is 1. The molecule has 0 aliphatic heterocycles. The molecule has 0 aliphatic rings. The van der Waals surface area contributed by atoms with Crippen molar-refractivity contribution in [1.29, 1.82) is 0 Å². The van der Waals surface area contributed by atoms with Gasteiger partial charge in [-0.2, -0.15) is 0 Å². The molecule has 0 bridgehead atoms. The largest absolute Gasteiger partial charge is 0.376 e. The van der Waals surface area contributed by atoms with E-state index in [9.17, 15) is 14.4 Å². The lowest BCUT2D eigenvalue weighted by atomic mass is 10.2. The Balaban J connectivity index is 1.76. The van der Waals surface area contributed by atoms with Crippen LogP contribution in [0.1, 0.15) is 29.3 Å². The minimum Gasteiger partial charge on any atom is -0.376 e. The van der Waals surface area contributed by atoms with Crippen LogP contribution in [0.25, 0.3) is 0 Å². The highest BCUT2D eigenvalue weighted by Crippen LogP contribution is 2.10. The third-order valence-electron chi connectivity index (χ3n) is 3.66. The second-order valence-electron chi connectivity index (χ2n) is 5.91. The van der Waals surface area contributed by atoms with Gasteiger partial charge in [-0.3, -0.25) is 14.9 Å². The highest BCUT2D eigenvalue weighted by Gasteiger charge is 2.09. The van der Waals surface area contributed by atoms with E-state index in [-0.39, 0.29) is 12.5 Å². The van der Waals surface area contributed by atoms with Crippen molar-refractivity contribution in [1.82, 2.24) is 16.0 Å². The third-order valence-corrected chi connectivity index (χ3v) is 3.66. The number of hydrogen-bond donors (Lipinski definition) is 4. The number of amides is 4. The van der Waals surface area contributed by atoms with E-state index in [1.807, 2.05) is 37.3 Å². The Kier molecular flexibility index (Phi) is 7.84. The van der Waals surface area contributed by atoms with Gasteiger partial charge in [0.25, 0.3) is 5.91 Å². The van der Waals surface area contributed by atoms with E-state index < -0.39 is 11.9 Å². The molecule has 27 heavy (non-hydrogen) atoms. The van der Waals surface area contributed by atoms with Crippen LogP contribution in [0.3, 0.4) is 0 Å². The fraction of sp³-hybridized carbons (Fsp3) is 0.250. The average Bonchev–Trinajstić information content (AvgIpc) is 2.70. The highest BCUT2D eigenvalue weighted by molar-refractivity contribution is 5.97. The van der Waals surface area contributed by atoms with Crippen molar-refractivity contribution >= 4 is 23.5 Å². The Morgan fingerprint density at radius 2 is 1.70 bits per heavy atom. The molecular weight excluding hydrogens is 344 g/mol. The summed E-state index contributed by atoms with van der Waals surface area (Å²) in [6, 6.07) is 15.7. The van der Waals surface area contributed by atoms with Crippen LogP contribution < -0.4 is 21.3 Å². The van der Waals surface area contributed by atoms with Crippen molar-refractivity contribution in [3.05, 3.63) is 65.7 Å². The normalized spacial score (nSPS) is 9.96. The molecule has 0 aromatic heterocycles. The predicted octanol–water partition coefficient (Wildman–Crippen LogP) is 2.26. The van der Waals surface area contributed by atoms with Gasteiger partial charge in [0.05, 0.1) is 6.54 Å². The molecule has 2 aromatic carbocycles. The minimum atomic E-state index is -0.557. The molecule has 7 nitrogen and oxygen atoms in total. The molecule has 0 atom stereocenters. The van der Waals surface area contributed by atoms with E-state index in [4.69, 9.17) is 0 Å². The first-order valence-electron chi connectivity index (χ1n) is 8.82. The van der Waals surface area contributed by atoms with Crippen LogP contribution in [-0.2, 0) is 11.3 Å². The van der Waals surface area contributed by atoms with Crippen molar-refractivity contribution in [3.63, 3.8) is 0 Å². The molecule has 2 rings (SSSR count). The van der Waals surface area contributed by atoms with Crippen LogP contribution in [0, 0.1) is 0 Å². The number of rotatable bonds is 8. The second kappa shape index (κ2) is 10.6. The quantitative estimate of drug-likeness (QED) is 0.574. The van der Waals surface area contributed by atoms with Crippen molar-refractivity contribution < 1.29 is 14.4 Å². The summed E-state index contributed by atoms with van der Waals surface area (Å²) in [6.07, 6.45) is 0.857. The molecule has 0 saturated carbocycles. The molecule has 0 saturated heterocycles. The Labute approximate surface area is 158 Å². The summed E-state index contributed by atoms with van der Waals surface area (Å²) in [5, 5.41) is 10.6. The van der Waals surface area contributed by atoms with E-state index in [1.54, 1.807) is 24.3 Å². The van der Waals surface area contributed by atoms with E-state index >= 15 is 0 Å². The summed E-state index contributed by atoms with van der Waals surface area (Å²) < 4.78 is 0. The summed E-state index contributed by atoms with van der Waals surface area (Å²) >= 11 is 0. The van der Waals surface area contributed by atoms with Crippen molar-refractivity contribution in [3.8, 4) is 0 Å². The molecule has 0 unspecified atom stereocenters. The van der Waals surface area contributed by atoms with Crippen LogP contribution >= 0.6 is 0 Å². The first-order chi connectivity index (χ1) is 13.1. The van der Waals surface area contributed by atoms with Gasteiger partial charge in [-0.25, -0.2) is 4.79 Å². The smallest absolute Gasteiger partial charge is 0.321 e. The molecule has 4 amide bonds. The summed E-state index contributed by atoms with van der Waals surface area (Å²) in [6.45, 7) is 2.84. The van der Waals surface area contributed by atoms with Crippen LogP contribution in [0.15, 0.2) is 54.6 Å². The SMILES string of the molecule is CCCNC(=O)c1cccc(NCC(=O)NC(=O)NCc2ccccc2)c1. The van der Waals surface area contributed by atoms with Gasteiger partial charge in [0.2, 0.25) is 5.91 Å².